The molecular formula is C25H22BrNO6. The van der Waals surface area contributed by atoms with Crippen molar-refractivity contribution in [3.63, 3.8) is 0 Å². The van der Waals surface area contributed by atoms with Crippen LogP contribution < -0.4 is 10.1 Å². The average molecular weight is 512 g/mol. The number of aliphatic carboxylic acids is 1. The molecule has 1 heterocycles. The number of benzene rings is 3. The van der Waals surface area contributed by atoms with Crippen LogP contribution in [-0.2, 0) is 4.79 Å². The quantitative estimate of drug-likeness (QED) is 0.365. The van der Waals surface area contributed by atoms with Crippen LogP contribution in [0.2, 0.25) is 0 Å². The van der Waals surface area contributed by atoms with Gasteiger partial charge in [-0.25, -0.2) is 0 Å². The van der Waals surface area contributed by atoms with Gasteiger partial charge in [0.15, 0.2) is 17.3 Å². The summed E-state index contributed by atoms with van der Waals surface area (Å²) >= 11 is 3.37. The van der Waals surface area contributed by atoms with Crippen LogP contribution in [0, 0.1) is 5.92 Å². The number of carboxylic acid groups (broad SMARTS) is 1. The van der Waals surface area contributed by atoms with E-state index in [0.29, 0.717) is 16.7 Å². The highest BCUT2D eigenvalue weighted by Crippen LogP contribution is 2.46. The zero-order valence-electron chi connectivity index (χ0n) is 17.6. The lowest BCUT2D eigenvalue weighted by Crippen LogP contribution is -2.35. The van der Waals surface area contributed by atoms with Gasteiger partial charge in [0.25, 0.3) is 0 Å². The molecule has 0 bridgehead atoms. The van der Waals surface area contributed by atoms with Crippen molar-refractivity contribution in [2.45, 2.75) is 18.0 Å². The molecule has 7 nitrogen and oxygen atoms in total. The Balaban J connectivity index is 1.87. The second-order valence-corrected chi connectivity index (χ2v) is 8.82. The first kappa shape index (κ1) is 22.8. The van der Waals surface area contributed by atoms with Gasteiger partial charge in [0.1, 0.15) is 11.8 Å². The number of carboxylic acids is 1. The molecule has 3 aromatic rings. The Morgan fingerprint density at radius 2 is 1.58 bits per heavy atom. The number of ether oxygens (including phenoxy) is 1. The predicted octanol–water partition coefficient (Wildman–Crippen LogP) is 4.25. The summed E-state index contributed by atoms with van der Waals surface area (Å²) in [4.78, 5) is 26.1. The number of methoxy groups -OCH3 is 1. The van der Waals surface area contributed by atoms with Crippen LogP contribution >= 0.6 is 15.9 Å². The van der Waals surface area contributed by atoms with Gasteiger partial charge in [-0.3, -0.25) is 14.9 Å². The Hall–Kier alpha value is -3.36. The summed E-state index contributed by atoms with van der Waals surface area (Å²) in [5.74, 6) is -2.64. The third kappa shape index (κ3) is 4.44. The number of carbonyl (C=O) groups excluding carboxylic acids is 1. The zero-order chi connectivity index (χ0) is 23.7. The van der Waals surface area contributed by atoms with E-state index in [1.54, 1.807) is 48.5 Å². The molecule has 3 aromatic carbocycles. The smallest absolute Gasteiger partial charge is 0.321 e. The maximum Gasteiger partial charge on any atom is 0.321 e. The van der Waals surface area contributed by atoms with Gasteiger partial charge in [0.2, 0.25) is 0 Å². The predicted molar refractivity (Wildman–Crippen MR) is 125 cm³/mol. The summed E-state index contributed by atoms with van der Waals surface area (Å²) < 4.78 is 6.04. The van der Waals surface area contributed by atoms with Crippen LogP contribution in [0.4, 0.5) is 0 Å². The van der Waals surface area contributed by atoms with E-state index in [0.717, 1.165) is 4.47 Å². The first-order valence-corrected chi connectivity index (χ1v) is 11.0. The number of halogens is 1. The van der Waals surface area contributed by atoms with Gasteiger partial charge in [-0.1, -0.05) is 46.3 Å². The molecule has 0 spiro atoms. The number of carbonyl (C=O) groups is 2. The largest absolute Gasteiger partial charge is 0.508 e. The number of hydrogen-bond donors (Lipinski definition) is 4. The lowest BCUT2D eigenvalue weighted by molar-refractivity contribution is -0.139. The molecule has 4 unspecified atom stereocenters. The number of rotatable bonds is 6. The Morgan fingerprint density at radius 3 is 2.18 bits per heavy atom. The standard InChI is InChI=1S/C25H22BrNO6/c1-33-19-12-15(6-11-18(19)29)20-21(24(30)14-2-7-16(26)8-3-14)22(27-23(20)25(31)32)13-4-9-17(28)10-5-13/h2-12,20-23,27-29H,1H3,(H,31,32). The molecule has 0 aromatic heterocycles. The van der Waals surface area contributed by atoms with Crippen molar-refractivity contribution in [3.8, 4) is 17.2 Å². The van der Waals surface area contributed by atoms with Crippen molar-refractivity contribution < 1.29 is 29.6 Å². The topological polar surface area (TPSA) is 116 Å². The van der Waals surface area contributed by atoms with Gasteiger partial charge in [0.05, 0.1) is 13.0 Å². The number of Topliss-reactive ketones (excluding diaryl/α,β-unsaturated/α-hetero) is 1. The molecule has 33 heavy (non-hydrogen) atoms. The molecule has 0 saturated carbocycles. The summed E-state index contributed by atoms with van der Waals surface area (Å²) in [6.45, 7) is 0. The number of phenols is 2. The van der Waals surface area contributed by atoms with Gasteiger partial charge < -0.3 is 20.1 Å². The van der Waals surface area contributed by atoms with E-state index in [9.17, 15) is 24.9 Å². The van der Waals surface area contributed by atoms with Crippen LogP contribution in [0.25, 0.3) is 0 Å². The Bertz CT molecular complexity index is 1180. The number of hydrogen-bond acceptors (Lipinski definition) is 6. The highest BCUT2D eigenvalue weighted by molar-refractivity contribution is 9.10. The lowest BCUT2D eigenvalue weighted by atomic mass is 9.76. The molecule has 1 aliphatic rings. The third-order valence-electron chi connectivity index (χ3n) is 6.00. The van der Waals surface area contributed by atoms with Crippen LogP contribution in [0.5, 0.6) is 17.2 Å². The first-order chi connectivity index (χ1) is 15.8. The molecule has 1 saturated heterocycles. The SMILES string of the molecule is COc1cc(C2C(C(=O)O)NC(c3ccc(O)cc3)C2C(=O)c2ccc(Br)cc2)ccc1O. The lowest BCUT2D eigenvalue weighted by Gasteiger charge is -2.25. The van der Waals surface area contributed by atoms with Gasteiger partial charge in [-0.05, 0) is 47.5 Å². The Morgan fingerprint density at radius 1 is 0.939 bits per heavy atom. The summed E-state index contributed by atoms with van der Waals surface area (Å²) in [6, 6.07) is 16.2. The number of nitrogens with one attached hydrogen (secondary N) is 1. The van der Waals surface area contributed by atoms with E-state index in [4.69, 9.17) is 4.74 Å². The molecule has 1 aliphatic heterocycles. The molecule has 1 fully saturated rings. The molecule has 0 amide bonds. The van der Waals surface area contributed by atoms with E-state index in [1.165, 1.54) is 25.3 Å². The third-order valence-corrected chi connectivity index (χ3v) is 6.53. The summed E-state index contributed by atoms with van der Waals surface area (Å²) in [6.07, 6.45) is 0. The minimum atomic E-state index is -1.10. The molecular weight excluding hydrogens is 490 g/mol. The van der Waals surface area contributed by atoms with Gasteiger partial charge in [-0.2, -0.15) is 0 Å². The molecule has 4 atom stereocenters. The van der Waals surface area contributed by atoms with E-state index in [-0.39, 0.29) is 23.0 Å². The first-order valence-electron chi connectivity index (χ1n) is 10.2. The fourth-order valence-corrected chi connectivity index (χ4v) is 4.71. The number of aromatic hydroxyl groups is 2. The van der Waals surface area contributed by atoms with E-state index in [1.807, 2.05) is 0 Å². The minimum Gasteiger partial charge on any atom is -0.508 e. The average Bonchev–Trinajstić information content (AvgIpc) is 3.21. The van der Waals surface area contributed by atoms with E-state index >= 15 is 0 Å². The van der Waals surface area contributed by atoms with Crippen LogP contribution in [0.1, 0.15) is 33.4 Å². The second kappa shape index (κ2) is 9.25. The fourth-order valence-electron chi connectivity index (χ4n) is 4.45. The zero-order valence-corrected chi connectivity index (χ0v) is 19.2. The maximum atomic E-state index is 13.8. The molecule has 0 aliphatic carbocycles. The van der Waals surface area contributed by atoms with Crippen molar-refractivity contribution >= 4 is 27.7 Å². The van der Waals surface area contributed by atoms with Crippen LogP contribution in [0.15, 0.2) is 71.2 Å². The molecule has 4 N–H and O–H groups in total. The molecule has 4 rings (SSSR count). The van der Waals surface area contributed by atoms with Gasteiger partial charge in [0, 0.05) is 22.0 Å². The van der Waals surface area contributed by atoms with E-state index < -0.39 is 29.9 Å². The summed E-state index contributed by atoms with van der Waals surface area (Å²) in [5, 5.41) is 32.9. The highest BCUT2D eigenvalue weighted by atomic mass is 79.9. The second-order valence-electron chi connectivity index (χ2n) is 7.91. The number of ketones is 1. The normalized spacial score (nSPS) is 22.1. The number of phenolic OH excluding ortho intramolecular Hbond substituents is 2. The monoisotopic (exact) mass is 511 g/mol. The Kier molecular flexibility index (Phi) is 6.40. The molecule has 8 heteroatoms. The van der Waals surface area contributed by atoms with Crippen LogP contribution in [0.3, 0.4) is 0 Å². The maximum absolute atomic E-state index is 13.8. The van der Waals surface area contributed by atoms with Gasteiger partial charge in [-0.15, -0.1) is 0 Å². The van der Waals surface area contributed by atoms with Crippen molar-refractivity contribution in [2.24, 2.45) is 5.92 Å². The molecule has 170 valence electrons. The highest BCUT2D eigenvalue weighted by Gasteiger charge is 2.51. The summed E-state index contributed by atoms with van der Waals surface area (Å²) in [7, 11) is 1.41. The Labute approximate surface area is 198 Å². The van der Waals surface area contributed by atoms with Crippen molar-refractivity contribution in [1.82, 2.24) is 5.32 Å². The fraction of sp³-hybridized carbons (Fsp3) is 0.200. The van der Waals surface area contributed by atoms with Crippen molar-refractivity contribution in [2.75, 3.05) is 7.11 Å². The minimum absolute atomic E-state index is 0.0714. The van der Waals surface area contributed by atoms with Gasteiger partial charge >= 0.3 is 5.97 Å². The summed E-state index contributed by atoms with van der Waals surface area (Å²) in [5.41, 5.74) is 1.69. The van der Waals surface area contributed by atoms with E-state index in [2.05, 4.69) is 21.2 Å². The van der Waals surface area contributed by atoms with Crippen LogP contribution in [-0.4, -0.2) is 40.2 Å². The molecule has 0 radical (unpaired) electrons. The van der Waals surface area contributed by atoms with Crippen molar-refractivity contribution in [1.29, 1.82) is 0 Å². The van der Waals surface area contributed by atoms with Crippen molar-refractivity contribution in [3.05, 3.63) is 87.9 Å².